The zero-order chi connectivity index (χ0) is 13.3. The highest BCUT2D eigenvalue weighted by Gasteiger charge is 2.47. The maximum atomic E-state index is 13.9. The molecule has 2 aliphatic rings. The van der Waals surface area contributed by atoms with Crippen LogP contribution in [0.4, 0.5) is 4.39 Å². The molecule has 1 heterocycles. The summed E-state index contributed by atoms with van der Waals surface area (Å²) in [6, 6.07) is 6.75. The van der Waals surface area contributed by atoms with Crippen LogP contribution in [0, 0.1) is 11.7 Å². The molecule has 3 rings (SSSR count). The normalized spacial score (nSPS) is 24.8. The summed E-state index contributed by atoms with van der Waals surface area (Å²) >= 11 is 0. The van der Waals surface area contributed by atoms with Crippen molar-refractivity contribution in [2.75, 3.05) is 13.1 Å². The largest absolute Gasteiger partial charge is 0.346 e. The van der Waals surface area contributed by atoms with Gasteiger partial charge < -0.3 is 10.6 Å². The van der Waals surface area contributed by atoms with Gasteiger partial charge in [-0.3, -0.25) is 4.79 Å². The monoisotopic (exact) mass is 262 g/mol. The van der Waals surface area contributed by atoms with Crippen LogP contribution < -0.4 is 10.6 Å². The predicted octanol–water partition coefficient (Wildman–Crippen LogP) is 1.93. The molecule has 1 aliphatic heterocycles. The Bertz CT molecular complexity index is 479. The van der Waals surface area contributed by atoms with E-state index >= 15 is 0 Å². The van der Waals surface area contributed by atoms with Crippen molar-refractivity contribution in [3.05, 3.63) is 35.6 Å². The van der Waals surface area contributed by atoms with Gasteiger partial charge >= 0.3 is 0 Å². The lowest BCUT2D eigenvalue weighted by Gasteiger charge is -2.26. The minimum atomic E-state index is -0.445. The number of nitrogens with one attached hydrogen (secondary N) is 2. The second-order valence-electron chi connectivity index (χ2n) is 5.59. The number of carbonyl (C=O) groups is 1. The van der Waals surface area contributed by atoms with E-state index in [0.717, 1.165) is 38.8 Å². The van der Waals surface area contributed by atoms with Crippen molar-refractivity contribution in [2.45, 2.75) is 31.2 Å². The third kappa shape index (κ3) is 2.50. The summed E-state index contributed by atoms with van der Waals surface area (Å²) in [5.74, 6) is -0.131. The summed E-state index contributed by atoms with van der Waals surface area (Å²) in [5.41, 5.74) is 0.187. The maximum Gasteiger partial charge on any atom is 0.225 e. The van der Waals surface area contributed by atoms with Gasteiger partial charge in [0, 0.05) is 12.1 Å². The fourth-order valence-electron chi connectivity index (χ4n) is 2.85. The summed E-state index contributed by atoms with van der Waals surface area (Å²) in [7, 11) is 0. The molecule has 2 fully saturated rings. The Balaban J connectivity index is 1.72. The fourth-order valence-corrected chi connectivity index (χ4v) is 2.85. The first-order chi connectivity index (χ1) is 9.21. The van der Waals surface area contributed by atoms with Crippen molar-refractivity contribution in [3.63, 3.8) is 0 Å². The van der Waals surface area contributed by atoms with Crippen LogP contribution >= 0.6 is 0 Å². The zero-order valence-corrected chi connectivity index (χ0v) is 10.9. The lowest BCUT2D eigenvalue weighted by molar-refractivity contribution is -0.126. The Labute approximate surface area is 112 Å². The third-order valence-corrected chi connectivity index (χ3v) is 4.17. The van der Waals surface area contributed by atoms with E-state index in [1.54, 1.807) is 12.1 Å². The smallest absolute Gasteiger partial charge is 0.225 e. The van der Waals surface area contributed by atoms with Gasteiger partial charge in [-0.15, -0.1) is 0 Å². The summed E-state index contributed by atoms with van der Waals surface area (Å²) < 4.78 is 13.9. The summed E-state index contributed by atoms with van der Waals surface area (Å²) in [5, 5.41) is 6.31. The fraction of sp³-hybridized carbons (Fsp3) is 0.533. The first-order valence-corrected chi connectivity index (χ1v) is 6.99. The van der Waals surface area contributed by atoms with E-state index < -0.39 is 5.54 Å². The molecular weight excluding hydrogens is 243 g/mol. The molecule has 0 spiro atoms. The Morgan fingerprint density at radius 1 is 1.37 bits per heavy atom. The molecule has 0 radical (unpaired) electrons. The number of rotatable bonds is 3. The van der Waals surface area contributed by atoms with Crippen LogP contribution in [0.2, 0.25) is 0 Å². The highest BCUT2D eigenvalue weighted by Crippen LogP contribution is 2.46. The summed E-state index contributed by atoms with van der Waals surface area (Å²) in [6.07, 6.45) is 3.62. The van der Waals surface area contributed by atoms with E-state index in [1.807, 2.05) is 6.07 Å². The van der Waals surface area contributed by atoms with E-state index in [2.05, 4.69) is 10.6 Å². The number of halogens is 1. The first kappa shape index (κ1) is 12.6. The van der Waals surface area contributed by atoms with Crippen molar-refractivity contribution in [1.29, 1.82) is 0 Å². The quantitative estimate of drug-likeness (QED) is 0.874. The van der Waals surface area contributed by atoms with Crippen molar-refractivity contribution in [3.8, 4) is 0 Å². The van der Waals surface area contributed by atoms with E-state index in [4.69, 9.17) is 0 Å². The number of hydrogen-bond donors (Lipinski definition) is 2. The molecule has 19 heavy (non-hydrogen) atoms. The van der Waals surface area contributed by atoms with E-state index in [-0.39, 0.29) is 17.6 Å². The molecule has 1 unspecified atom stereocenters. The number of benzene rings is 1. The number of piperidine rings is 1. The van der Waals surface area contributed by atoms with Gasteiger partial charge in [0.1, 0.15) is 5.82 Å². The topological polar surface area (TPSA) is 41.1 Å². The van der Waals surface area contributed by atoms with Crippen LogP contribution in [0.1, 0.15) is 31.2 Å². The molecule has 1 aromatic carbocycles. The van der Waals surface area contributed by atoms with Crippen molar-refractivity contribution in [2.24, 2.45) is 5.92 Å². The Morgan fingerprint density at radius 2 is 2.16 bits per heavy atom. The molecular formula is C15H19FN2O. The van der Waals surface area contributed by atoms with Gasteiger partial charge in [-0.1, -0.05) is 18.2 Å². The lowest BCUT2D eigenvalue weighted by Crippen LogP contribution is -2.44. The molecule has 1 aromatic rings. The van der Waals surface area contributed by atoms with Crippen molar-refractivity contribution >= 4 is 5.91 Å². The van der Waals surface area contributed by atoms with E-state index in [1.165, 1.54) is 6.07 Å². The van der Waals surface area contributed by atoms with Crippen LogP contribution in [0.5, 0.6) is 0 Å². The Kier molecular flexibility index (Phi) is 3.27. The molecule has 2 N–H and O–H groups in total. The lowest BCUT2D eigenvalue weighted by atomic mass is 9.97. The number of amides is 1. The second-order valence-corrected chi connectivity index (χ2v) is 5.59. The van der Waals surface area contributed by atoms with Gasteiger partial charge in [0.15, 0.2) is 0 Å². The molecule has 102 valence electrons. The van der Waals surface area contributed by atoms with Gasteiger partial charge in [0.25, 0.3) is 0 Å². The van der Waals surface area contributed by atoms with Gasteiger partial charge in [-0.2, -0.15) is 0 Å². The Morgan fingerprint density at radius 3 is 2.79 bits per heavy atom. The highest BCUT2D eigenvalue weighted by atomic mass is 19.1. The van der Waals surface area contributed by atoms with E-state index in [9.17, 15) is 9.18 Å². The average molecular weight is 262 g/mol. The molecule has 1 atom stereocenters. The van der Waals surface area contributed by atoms with Crippen LogP contribution in [-0.4, -0.2) is 19.0 Å². The first-order valence-electron chi connectivity index (χ1n) is 6.99. The van der Waals surface area contributed by atoms with Crippen LogP contribution in [0.25, 0.3) is 0 Å². The summed E-state index contributed by atoms with van der Waals surface area (Å²) in [4.78, 5) is 12.3. The molecule has 3 nitrogen and oxygen atoms in total. The van der Waals surface area contributed by atoms with Crippen molar-refractivity contribution in [1.82, 2.24) is 10.6 Å². The van der Waals surface area contributed by atoms with Gasteiger partial charge in [0.05, 0.1) is 11.5 Å². The molecule has 1 saturated heterocycles. The van der Waals surface area contributed by atoms with Crippen LogP contribution in [0.15, 0.2) is 24.3 Å². The molecule has 0 bridgehead atoms. The molecule has 1 aliphatic carbocycles. The third-order valence-electron chi connectivity index (χ3n) is 4.17. The number of carbonyl (C=O) groups excluding carboxylic acids is 1. The minimum Gasteiger partial charge on any atom is -0.346 e. The number of hydrogen-bond acceptors (Lipinski definition) is 2. The average Bonchev–Trinajstić information content (AvgIpc) is 3.21. The molecule has 1 amide bonds. The highest BCUT2D eigenvalue weighted by molar-refractivity contribution is 5.80. The zero-order valence-electron chi connectivity index (χ0n) is 10.9. The van der Waals surface area contributed by atoms with Gasteiger partial charge in [-0.05, 0) is 38.3 Å². The predicted molar refractivity (Wildman–Crippen MR) is 71.0 cm³/mol. The van der Waals surface area contributed by atoms with Crippen molar-refractivity contribution < 1.29 is 9.18 Å². The SMILES string of the molecule is O=C(NC1(c2ccccc2F)CC1)C1CCCNC1. The standard InChI is InChI=1S/C15H19FN2O/c16-13-6-2-1-5-12(13)15(7-8-15)18-14(19)11-4-3-9-17-10-11/h1-2,5-6,11,17H,3-4,7-10H2,(H,18,19). The molecule has 4 heteroatoms. The molecule has 1 saturated carbocycles. The minimum absolute atomic E-state index is 0.0259. The molecule has 0 aromatic heterocycles. The Hall–Kier alpha value is -1.42. The van der Waals surface area contributed by atoms with Gasteiger partial charge in [0.2, 0.25) is 5.91 Å². The van der Waals surface area contributed by atoms with Gasteiger partial charge in [-0.25, -0.2) is 4.39 Å². The maximum absolute atomic E-state index is 13.9. The second kappa shape index (κ2) is 4.93. The summed E-state index contributed by atoms with van der Waals surface area (Å²) in [6.45, 7) is 1.72. The van der Waals surface area contributed by atoms with E-state index in [0.29, 0.717) is 5.56 Å². The van der Waals surface area contributed by atoms with Crippen LogP contribution in [0.3, 0.4) is 0 Å². The van der Waals surface area contributed by atoms with Crippen LogP contribution in [-0.2, 0) is 10.3 Å².